The van der Waals surface area contributed by atoms with Gasteiger partial charge in [-0.3, -0.25) is 4.98 Å². The lowest BCUT2D eigenvalue weighted by molar-refractivity contribution is 0.0978. The number of aromatic nitrogens is 4. The Bertz CT molecular complexity index is 1070. The maximum atomic E-state index is 13.3. The zero-order valence-electron chi connectivity index (χ0n) is 17.3. The fourth-order valence-electron chi connectivity index (χ4n) is 3.53. The third-order valence-corrected chi connectivity index (χ3v) is 5.03. The first-order valence-corrected chi connectivity index (χ1v) is 10.1. The van der Waals surface area contributed by atoms with Gasteiger partial charge in [-0.1, -0.05) is 12.1 Å². The number of ether oxygens (including phenoxy) is 1. The first kappa shape index (κ1) is 21.4. The first-order chi connectivity index (χ1) is 15.5. The molecule has 4 rings (SSSR count). The normalized spacial score (nSPS) is 18.7. The van der Waals surface area contributed by atoms with Crippen LogP contribution in [0.1, 0.15) is 36.7 Å². The van der Waals surface area contributed by atoms with Crippen molar-refractivity contribution in [2.45, 2.75) is 31.5 Å². The zero-order valence-corrected chi connectivity index (χ0v) is 17.3. The highest BCUT2D eigenvalue weighted by atomic mass is 19.1. The van der Waals surface area contributed by atoms with Gasteiger partial charge in [0.05, 0.1) is 24.0 Å². The van der Waals surface area contributed by atoms with Crippen molar-refractivity contribution < 1.29 is 13.9 Å². The molecule has 1 aromatic carbocycles. The van der Waals surface area contributed by atoms with Gasteiger partial charge in [0.15, 0.2) is 0 Å². The summed E-state index contributed by atoms with van der Waals surface area (Å²) in [5, 5.41) is 9.64. The third-order valence-electron chi connectivity index (χ3n) is 5.03. The summed E-state index contributed by atoms with van der Waals surface area (Å²) in [7, 11) is 0. The highest BCUT2D eigenvalue weighted by Crippen LogP contribution is 2.29. The summed E-state index contributed by atoms with van der Waals surface area (Å²) in [5.41, 5.74) is 6.71. The van der Waals surface area contributed by atoms with Crippen LogP contribution in [-0.4, -0.2) is 38.7 Å². The minimum absolute atomic E-state index is 0.190. The molecule has 1 saturated heterocycles. The Kier molecular flexibility index (Phi) is 6.36. The van der Waals surface area contributed by atoms with E-state index in [1.807, 2.05) is 6.92 Å². The van der Waals surface area contributed by atoms with Crippen molar-refractivity contribution in [2.75, 3.05) is 17.2 Å². The lowest BCUT2D eigenvalue weighted by atomic mass is 10.1. The molecule has 3 heterocycles. The Balaban J connectivity index is 1.63. The number of anilines is 3. The third kappa shape index (κ3) is 5.24. The lowest BCUT2D eigenvalue weighted by Crippen LogP contribution is -2.29. The van der Waals surface area contributed by atoms with Crippen LogP contribution in [0, 0.1) is 5.82 Å². The number of hydrogen-bond donors (Lipinski definition) is 4. The van der Waals surface area contributed by atoms with Gasteiger partial charge in [-0.05, 0) is 37.6 Å². The van der Waals surface area contributed by atoms with E-state index in [0.717, 1.165) is 5.56 Å². The van der Waals surface area contributed by atoms with Gasteiger partial charge in [-0.25, -0.2) is 19.2 Å². The quantitative estimate of drug-likeness (QED) is 0.438. The number of hydrogen-bond acceptors (Lipinski definition) is 9. The number of carbonyl (C=O) groups is 1. The molecule has 2 unspecified atom stereocenters. The van der Waals surface area contributed by atoms with Crippen LogP contribution in [0.2, 0.25) is 0 Å². The molecule has 1 fully saturated rings. The van der Waals surface area contributed by atoms with Crippen LogP contribution < -0.4 is 21.7 Å². The molecule has 0 bridgehead atoms. The van der Waals surface area contributed by atoms with E-state index in [9.17, 15) is 9.18 Å². The smallest absolute Gasteiger partial charge is 0.404 e. The topological polar surface area (TPSA) is 140 Å². The highest BCUT2D eigenvalue weighted by Gasteiger charge is 2.33. The number of benzene rings is 1. The molecule has 0 saturated carbocycles. The molecule has 11 heteroatoms. The summed E-state index contributed by atoms with van der Waals surface area (Å²) in [6.07, 6.45) is 4.04. The maximum Gasteiger partial charge on any atom is 0.404 e. The van der Waals surface area contributed by atoms with E-state index in [1.165, 1.54) is 12.1 Å². The predicted molar refractivity (Wildman–Crippen MR) is 116 cm³/mol. The second kappa shape index (κ2) is 9.52. The fourth-order valence-corrected chi connectivity index (χ4v) is 3.53. The van der Waals surface area contributed by atoms with Crippen molar-refractivity contribution in [2.24, 2.45) is 5.73 Å². The number of halogens is 1. The van der Waals surface area contributed by atoms with Crippen LogP contribution in [0.15, 0.2) is 48.9 Å². The average molecular weight is 438 g/mol. The monoisotopic (exact) mass is 438 g/mol. The number of rotatable bonds is 7. The van der Waals surface area contributed by atoms with Gasteiger partial charge in [0.2, 0.25) is 5.95 Å². The van der Waals surface area contributed by atoms with Gasteiger partial charge in [-0.15, -0.1) is 0 Å². The van der Waals surface area contributed by atoms with Gasteiger partial charge in [0.1, 0.15) is 23.6 Å². The first-order valence-electron chi connectivity index (χ1n) is 10.1. The molecule has 1 amide bonds. The lowest BCUT2D eigenvalue weighted by Gasteiger charge is -2.21. The molecule has 0 aliphatic carbocycles. The summed E-state index contributed by atoms with van der Waals surface area (Å²) in [6.45, 7) is 2.57. The number of nitrogens with one attached hydrogen (secondary N) is 3. The largest absolute Gasteiger partial charge is 0.444 e. The van der Waals surface area contributed by atoms with Crippen molar-refractivity contribution in [1.82, 2.24) is 25.3 Å². The molecule has 0 radical (unpaired) electrons. The number of nitrogens with two attached hydrogens (primary N) is 1. The van der Waals surface area contributed by atoms with Crippen LogP contribution in [0.25, 0.3) is 0 Å². The van der Waals surface area contributed by atoms with E-state index in [0.29, 0.717) is 36.2 Å². The van der Waals surface area contributed by atoms with Crippen LogP contribution in [0.4, 0.5) is 26.8 Å². The molecule has 10 nitrogen and oxygen atoms in total. The second-order valence-corrected chi connectivity index (χ2v) is 7.33. The van der Waals surface area contributed by atoms with Crippen LogP contribution in [-0.2, 0) is 4.74 Å². The molecular formula is C21H23FN8O2. The number of carbonyl (C=O) groups excluding carboxylic acids is 1. The number of primary amides is 1. The fraction of sp³-hybridized carbons (Fsp3) is 0.286. The molecule has 1 aliphatic rings. The van der Waals surface area contributed by atoms with E-state index in [1.54, 1.807) is 36.8 Å². The Morgan fingerprint density at radius 2 is 2.06 bits per heavy atom. The SMILES string of the molecule is C[C@H](Nc1nc(Nc2cnccn2)cc(C2NCCC2OC(N)=O)n1)c1ccc(F)cc1. The summed E-state index contributed by atoms with van der Waals surface area (Å²) < 4.78 is 18.5. The Morgan fingerprint density at radius 1 is 1.25 bits per heavy atom. The Hall–Kier alpha value is -3.86. The predicted octanol–water partition coefficient (Wildman–Crippen LogP) is 2.82. The van der Waals surface area contributed by atoms with Crippen LogP contribution in [0.5, 0.6) is 0 Å². The van der Waals surface area contributed by atoms with E-state index in [4.69, 9.17) is 10.5 Å². The maximum absolute atomic E-state index is 13.3. The Labute approximate surface area is 183 Å². The average Bonchev–Trinajstić information content (AvgIpc) is 3.22. The molecule has 0 spiro atoms. The molecule has 3 atom stereocenters. The van der Waals surface area contributed by atoms with Gasteiger partial charge < -0.3 is 26.4 Å². The minimum atomic E-state index is -0.834. The minimum Gasteiger partial charge on any atom is -0.444 e. The van der Waals surface area contributed by atoms with Crippen molar-refractivity contribution in [3.05, 3.63) is 66.0 Å². The van der Waals surface area contributed by atoms with Gasteiger partial charge in [-0.2, -0.15) is 4.98 Å². The van der Waals surface area contributed by atoms with Crippen LogP contribution in [0.3, 0.4) is 0 Å². The van der Waals surface area contributed by atoms with Gasteiger partial charge >= 0.3 is 6.09 Å². The number of amides is 1. The molecule has 32 heavy (non-hydrogen) atoms. The summed E-state index contributed by atoms with van der Waals surface area (Å²) in [5.74, 6) is 1.04. The number of nitrogens with zero attached hydrogens (tertiary/aromatic N) is 4. The molecule has 5 N–H and O–H groups in total. The summed E-state index contributed by atoms with van der Waals surface area (Å²) >= 11 is 0. The van der Waals surface area contributed by atoms with E-state index in [2.05, 4.69) is 35.9 Å². The van der Waals surface area contributed by atoms with E-state index >= 15 is 0 Å². The molecule has 166 valence electrons. The highest BCUT2D eigenvalue weighted by molar-refractivity contribution is 5.65. The van der Waals surface area contributed by atoms with E-state index in [-0.39, 0.29) is 17.9 Å². The van der Waals surface area contributed by atoms with Gasteiger partial charge in [0, 0.05) is 18.5 Å². The second-order valence-electron chi connectivity index (χ2n) is 7.33. The molecule has 2 aromatic heterocycles. The van der Waals surface area contributed by atoms with Crippen LogP contribution >= 0.6 is 0 Å². The summed E-state index contributed by atoms with van der Waals surface area (Å²) in [4.78, 5) is 28.7. The van der Waals surface area contributed by atoms with Crippen molar-refractivity contribution >= 4 is 23.7 Å². The van der Waals surface area contributed by atoms with Gasteiger partial charge in [0.25, 0.3) is 0 Å². The van der Waals surface area contributed by atoms with E-state index < -0.39 is 12.2 Å². The van der Waals surface area contributed by atoms with Crippen molar-refractivity contribution in [3.63, 3.8) is 0 Å². The summed E-state index contributed by atoms with van der Waals surface area (Å²) in [6, 6.07) is 7.41. The molecule has 3 aromatic rings. The van der Waals surface area contributed by atoms with Crippen molar-refractivity contribution in [3.8, 4) is 0 Å². The Morgan fingerprint density at radius 3 is 2.78 bits per heavy atom. The zero-order chi connectivity index (χ0) is 22.5. The molecular weight excluding hydrogens is 415 g/mol. The standard InChI is InChI=1S/C21H23FN8O2/c1-12(13-2-4-14(22)5-3-13)27-21-28-15(19-16(6-7-26-19)32-20(23)31)10-17(30-21)29-18-11-24-8-9-25-18/h2-5,8-12,16,19,26H,6-7H2,1H3,(H2,23,31)(H2,25,27,28,29,30)/t12-,16?,19?/m0/s1. The molecule has 1 aliphatic heterocycles. The van der Waals surface area contributed by atoms with Crippen molar-refractivity contribution in [1.29, 1.82) is 0 Å².